The Morgan fingerprint density at radius 3 is 2.86 bits per heavy atom. The predicted octanol–water partition coefficient (Wildman–Crippen LogP) is 3.01. The Labute approximate surface area is 142 Å². The number of rotatable bonds is 7. The Morgan fingerprint density at radius 2 is 2.23 bits per heavy atom. The fraction of sp³-hybridized carbons (Fsp3) is 0.750. The zero-order valence-corrected chi connectivity index (χ0v) is 15.6. The summed E-state index contributed by atoms with van der Waals surface area (Å²) in [7, 11) is 0. The van der Waals surface area contributed by atoms with E-state index in [1.807, 2.05) is 11.3 Å². The third-order valence-corrected chi connectivity index (χ3v) is 6.18. The highest BCUT2D eigenvalue weighted by Crippen LogP contribution is 2.26. The van der Waals surface area contributed by atoms with Crippen molar-refractivity contribution in [2.75, 3.05) is 25.4 Å². The molecule has 0 saturated carbocycles. The lowest BCUT2D eigenvalue weighted by molar-refractivity contribution is 0.759. The maximum Gasteiger partial charge on any atom is 0.191 e. The number of guanidine groups is 1. The molecular formula is C16H28N4S2. The highest BCUT2D eigenvalue weighted by atomic mass is 32.2. The largest absolute Gasteiger partial charge is 0.357 e. The Kier molecular flexibility index (Phi) is 7.52. The van der Waals surface area contributed by atoms with Gasteiger partial charge in [0.1, 0.15) is 0 Å². The van der Waals surface area contributed by atoms with Crippen LogP contribution in [0.1, 0.15) is 42.3 Å². The van der Waals surface area contributed by atoms with Crippen LogP contribution in [0, 0.1) is 6.92 Å². The van der Waals surface area contributed by atoms with Crippen molar-refractivity contribution in [2.24, 2.45) is 4.99 Å². The second-order valence-electron chi connectivity index (χ2n) is 5.50. The lowest BCUT2D eigenvalue weighted by Crippen LogP contribution is -2.38. The summed E-state index contributed by atoms with van der Waals surface area (Å²) in [4.78, 5) is 10.8. The van der Waals surface area contributed by atoms with Crippen LogP contribution in [0.2, 0.25) is 0 Å². The van der Waals surface area contributed by atoms with E-state index in [4.69, 9.17) is 9.98 Å². The molecule has 0 spiro atoms. The van der Waals surface area contributed by atoms with Crippen LogP contribution < -0.4 is 10.6 Å². The minimum absolute atomic E-state index is 0.712. The molecule has 2 heterocycles. The number of aliphatic imine (C=N–C) groups is 1. The lowest BCUT2D eigenvalue weighted by Gasteiger charge is -2.12. The molecule has 22 heavy (non-hydrogen) atoms. The molecule has 1 aromatic rings. The van der Waals surface area contributed by atoms with Crippen molar-refractivity contribution in [2.45, 2.75) is 51.7 Å². The standard InChI is InChI=1S/C16H28N4S2/c1-4-14-12(3)22-15(20-14)8-9-18-16(17-5-2)19-11-13-7-6-10-21-13/h13H,4-11H2,1-3H3,(H2,17,18,19). The van der Waals surface area contributed by atoms with Crippen molar-refractivity contribution >= 4 is 29.1 Å². The number of thioether (sulfide) groups is 1. The van der Waals surface area contributed by atoms with Crippen LogP contribution in [-0.4, -0.2) is 41.6 Å². The number of aromatic nitrogens is 1. The maximum absolute atomic E-state index is 4.72. The molecule has 2 N–H and O–H groups in total. The first kappa shape index (κ1) is 17.6. The zero-order chi connectivity index (χ0) is 15.8. The number of aryl methyl sites for hydroxylation is 2. The third kappa shape index (κ3) is 5.47. The lowest BCUT2D eigenvalue weighted by atomic mass is 10.2. The van der Waals surface area contributed by atoms with E-state index < -0.39 is 0 Å². The topological polar surface area (TPSA) is 49.3 Å². The number of hydrogen-bond donors (Lipinski definition) is 2. The molecule has 0 aromatic carbocycles. The fourth-order valence-corrected chi connectivity index (χ4v) is 4.73. The SMILES string of the molecule is CCNC(=NCC1CCCS1)NCCc1nc(CC)c(C)s1. The molecule has 1 saturated heterocycles. The molecule has 1 fully saturated rings. The first-order chi connectivity index (χ1) is 10.7. The fourth-order valence-electron chi connectivity index (χ4n) is 2.53. The van der Waals surface area contributed by atoms with Gasteiger partial charge in [-0.05, 0) is 38.9 Å². The Balaban J connectivity index is 1.78. The van der Waals surface area contributed by atoms with Crippen molar-refractivity contribution in [3.05, 3.63) is 15.6 Å². The van der Waals surface area contributed by atoms with E-state index in [2.05, 4.69) is 43.2 Å². The molecule has 4 nitrogen and oxygen atoms in total. The number of nitrogens with one attached hydrogen (secondary N) is 2. The van der Waals surface area contributed by atoms with Crippen molar-refractivity contribution in [1.82, 2.24) is 15.6 Å². The molecule has 1 aliphatic rings. The maximum atomic E-state index is 4.72. The summed E-state index contributed by atoms with van der Waals surface area (Å²) < 4.78 is 0. The van der Waals surface area contributed by atoms with E-state index in [9.17, 15) is 0 Å². The second kappa shape index (κ2) is 9.40. The molecule has 1 unspecified atom stereocenters. The van der Waals surface area contributed by atoms with Crippen molar-refractivity contribution in [3.8, 4) is 0 Å². The molecule has 1 aromatic heterocycles. The molecule has 0 radical (unpaired) electrons. The van der Waals surface area contributed by atoms with E-state index in [0.29, 0.717) is 5.25 Å². The van der Waals surface area contributed by atoms with Crippen LogP contribution in [0.25, 0.3) is 0 Å². The van der Waals surface area contributed by atoms with Crippen LogP contribution >= 0.6 is 23.1 Å². The molecule has 0 amide bonds. The van der Waals surface area contributed by atoms with Crippen LogP contribution in [0.3, 0.4) is 0 Å². The normalized spacial score (nSPS) is 18.7. The summed E-state index contributed by atoms with van der Waals surface area (Å²) in [6.45, 7) is 9.16. The summed E-state index contributed by atoms with van der Waals surface area (Å²) >= 11 is 3.88. The van der Waals surface area contributed by atoms with E-state index >= 15 is 0 Å². The molecule has 6 heteroatoms. The van der Waals surface area contributed by atoms with Gasteiger partial charge >= 0.3 is 0 Å². The minimum atomic E-state index is 0.712. The van der Waals surface area contributed by atoms with E-state index in [1.54, 1.807) is 0 Å². The number of thiazole rings is 1. The summed E-state index contributed by atoms with van der Waals surface area (Å²) in [6, 6.07) is 0. The number of hydrogen-bond acceptors (Lipinski definition) is 4. The Hall–Kier alpha value is -0.750. The molecular weight excluding hydrogens is 312 g/mol. The summed E-state index contributed by atoms with van der Waals surface area (Å²) in [5.74, 6) is 2.24. The summed E-state index contributed by atoms with van der Waals surface area (Å²) in [5, 5.41) is 8.71. The van der Waals surface area contributed by atoms with Gasteiger partial charge in [0.05, 0.1) is 17.2 Å². The zero-order valence-electron chi connectivity index (χ0n) is 13.9. The van der Waals surface area contributed by atoms with Crippen molar-refractivity contribution in [3.63, 3.8) is 0 Å². The molecule has 124 valence electrons. The van der Waals surface area contributed by atoms with Gasteiger partial charge in [-0.15, -0.1) is 11.3 Å². The van der Waals surface area contributed by atoms with Gasteiger partial charge in [0, 0.05) is 29.6 Å². The molecule has 0 aliphatic carbocycles. The predicted molar refractivity (Wildman–Crippen MR) is 99.4 cm³/mol. The average molecular weight is 341 g/mol. The molecule has 0 bridgehead atoms. The first-order valence-electron chi connectivity index (χ1n) is 8.31. The summed E-state index contributed by atoms with van der Waals surface area (Å²) in [6.07, 6.45) is 4.65. The van der Waals surface area contributed by atoms with Gasteiger partial charge in [-0.3, -0.25) is 4.99 Å². The highest BCUT2D eigenvalue weighted by Gasteiger charge is 2.15. The summed E-state index contributed by atoms with van der Waals surface area (Å²) in [5.41, 5.74) is 1.25. The highest BCUT2D eigenvalue weighted by molar-refractivity contribution is 8.00. The van der Waals surface area contributed by atoms with Gasteiger partial charge in [0.25, 0.3) is 0 Å². The molecule has 2 rings (SSSR count). The monoisotopic (exact) mass is 340 g/mol. The van der Waals surface area contributed by atoms with E-state index in [0.717, 1.165) is 38.4 Å². The van der Waals surface area contributed by atoms with Crippen LogP contribution in [-0.2, 0) is 12.8 Å². The van der Waals surface area contributed by atoms with Gasteiger partial charge in [-0.1, -0.05) is 6.92 Å². The van der Waals surface area contributed by atoms with E-state index in [1.165, 1.54) is 34.2 Å². The average Bonchev–Trinajstić information content (AvgIpc) is 3.14. The van der Waals surface area contributed by atoms with Gasteiger partial charge in [0.2, 0.25) is 0 Å². The van der Waals surface area contributed by atoms with Gasteiger partial charge < -0.3 is 10.6 Å². The van der Waals surface area contributed by atoms with Crippen molar-refractivity contribution < 1.29 is 0 Å². The third-order valence-electron chi connectivity index (χ3n) is 3.72. The Bertz CT molecular complexity index is 478. The number of nitrogens with zero attached hydrogens (tertiary/aromatic N) is 2. The van der Waals surface area contributed by atoms with E-state index in [-0.39, 0.29) is 0 Å². The van der Waals surface area contributed by atoms with Gasteiger partial charge in [-0.25, -0.2) is 4.98 Å². The van der Waals surface area contributed by atoms with Crippen molar-refractivity contribution in [1.29, 1.82) is 0 Å². The molecule has 1 atom stereocenters. The van der Waals surface area contributed by atoms with Crippen LogP contribution in [0.15, 0.2) is 4.99 Å². The Morgan fingerprint density at radius 1 is 1.36 bits per heavy atom. The quantitative estimate of drug-likeness (QED) is 0.592. The second-order valence-corrected chi connectivity index (χ2v) is 8.19. The van der Waals surface area contributed by atoms with Crippen LogP contribution in [0.4, 0.5) is 0 Å². The van der Waals surface area contributed by atoms with Crippen LogP contribution in [0.5, 0.6) is 0 Å². The first-order valence-corrected chi connectivity index (χ1v) is 10.2. The van der Waals surface area contributed by atoms with Gasteiger partial charge in [0.15, 0.2) is 5.96 Å². The smallest absolute Gasteiger partial charge is 0.191 e. The minimum Gasteiger partial charge on any atom is -0.357 e. The van der Waals surface area contributed by atoms with Gasteiger partial charge in [-0.2, -0.15) is 11.8 Å². The molecule has 1 aliphatic heterocycles.